The van der Waals surface area contributed by atoms with Crippen LogP contribution in [0.1, 0.15) is 19.8 Å². The standard InChI is InChI=1S/C12H16ClN5/c1-2-4-10-16-11(14)17-12(15)18(10)9-6-3-5-8(13)7-9/h3,5-7,10H,2,4H2,1H3,(H4,14,15,16,17)/t10-/m0/s1. The summed E-state index contributed by atoms with van der Waals surface area (Å²) in [4.78, 5) is 10.2. The third-order valence-electron chi connectivity index (χ3n) is 2.69. The molecule has 0 bridgehead atoms. The van der Waals surface area contributed by atoms with Crippen molar-refractivity contribution in [2.24, 2.45) is 21.5 Å². The van der Waals surface area contributed by atoms with E-state index in [4.69, 9.17) is 23.1 Å². The number of hydrogen-bond donors (Lipinski definition) is 2. The van der Waals surface area contributed by atoms with Crippen molar-refractivity contribution in [2.75, 3.05) is 4.90 Å². The molecule has 4 N–H and O–H groups in total. The lowest BCUT2D eigenvalue weighted by Crippen LogP contribution is -2.48. The van der Waals surface area contributed by atoms with Crippen LogP contribution in [0.4, 0.5) is 5.69 Å². The first-order valence-electron chi connectivity index (χ1n) is 5.84. The van der Waals surface area contributed by atoms with Gasteiger partial charge >= 0.3 is 0 Å². The van der Waals surface area contributed by atoms with E-state index in [1.54, 1.807) is 0 Å². The maximum atomic E-state index is 6.00. The molecule has 0 amide bonds. The van der Waals surface area contributed by atoms with Gasteiger partial charge in [-0.05, 0) is 24.6 Å². The number of halogens is 1. The zero-order valence-electron chi connectivity index (χ0n) is 10.2. The van der Waals surface area contributed by atoms with Gasteiger partial charge in [0, 0.05) is 10.7 Å². The highest BCUT2D eigenvalue weighted by molar-refractivity contribution is 6.31. The Kier molecular flexibility index (Phi) is 3.72. The number of anilines is 1. The smallest absolute Gasteiger partial charge is 0.220 e. The van der Waals surface area contributed by atoms with Gasteiger partial charge in [0.25, 0.3) is 0 Å². The van der Waals surface area contributed by atoms with Crippen LogP contribution in [0, 0.1) is 0 Å². The summed E-state index contributed by atoms with van der Waals surface area (Å²) in [5, 5.41) is 0.651. The van der Waals surface area contributed by atoms with Crippen LogP contribution in [0.3, 0.4) is 0 Å². The van der Waals surface area contributed by atoms with Gasteiger partial charge in [-0.25, -0.2) is 4.99 Å². The summed E-state index contributed by atoms with van der Waals surface area (Å²) < 4.78 is 0. The second-order valence-corrected chi connectivity index (χ2v) is 4.51. The van der Waals surface area contributed by atoms with Gasteiger partial charge in [-0.3, -0.25) is 4.90 Å². The molecule has 0 fully saturated rings. The summed E-state index contributed by atoms with van der Waals surface area (Å²) in [5.41, 5.74) is 12.5. The van der Waals surface area contributed by atoms with Crippen molar-refractivity contribution >= 4 is 29.2 Å². The molecule has 0 saturated heterocycles. The zero-order valence-corrected chi connectivity index (χ0v) is 10.9. The molecule has 5 nitrogen and oxygen atoms in total. The minimum Gasteiger partial charge on any atom is -0.369 e. The number of guanidine groups is 2. The fourth-order valence-corrected chi connectivity index (χ4v) is 2.13. The third-order valence-corrected chi connectivity index (χ3v) is 2.92. The normalized spacial score (nSPS) is 19.4. The summed E-state index contributed by atoms with van der Waals surface area (Å²) in [6.07, 6.45) is 1.71. The van der Waals surface area contributed by atoms with E-state index in [0.717, 1.165) is 18.5 Å². The van der Waals surface area contributed by atoms with Crippen molar-refractivity contribution in [3.63, 3.8) is 0 Å². The molecular formula is C12H16ClN5. The van der Waals surface area contributed by atoms with Crippen LogP contribution in [0.5, 0.6) is 0 Å². The van der Waals surface area contributed by atoms with E-state index >= 15 is 0 Å². The maximum absolute atomic E-state index is 6.00. The first-order chi connectivity index (χ1) is 8.61. The van der Waals surface area contributed by atoms with Crippen molar-refractivity contribution < 1.29 is 0 Å². The molecule has 0 aromatic heterocycles. The Morgan fingerprint density at radius 2 is 2.17 bits per heavy atom. The van der Waals surface area contributed by atoms with Crippen molar-refractivity contribution in [3.8, 4) is 0 Å². The molecule has 0 spiro atoms. The van der Waals surface area contributed by atoms with Crippen LogP contribution in [-0.2, 0) is 0 Å². The zero-order chi connectivity index (χ0) is 13.1. The molecule has 1 aliphatic rings. The summed E-state index contributed by atoms with van der Waals surface area (Å²) in [5.74, 6) is 0.576. The molecule has 1 heterocycles. The third kappa shape index (κ3) is 2.56. The average Bonchev–Trinajstić information content (AvgIpc) is 2.28. The monoisotopic (exact) mass is 265 g/mol. The summed E-state index contributed by atoms with van der Waals surface area (Å²) in [6.45, 7) is 2.09. The van der Waals surface area contributed by atoms with Crippen LogP contribution in [0.15, 0.2) is 34.3 Å². The van der Waals surface area contributed by atoms with Gasteiger partial charge in [-0.2, -0.15) is 4.99 Å². The Balaban J connectivity index is 2.37. The molecule has 18 heavy (non-hydrogen) atoms. The molecule has 1 atom stereocenters. The van der Waals surface area contributed by atoms with Crippen molar-refractivity contribution in [1.29, 1.82) is 0 Å². The lowest BCUT2D eigenvalue weighted by atomic mass is 10.2. The highest BCUT2D eigenvalue weighted by Gasteiger charge is 2.25. The van der Waals surface area contributed by atoms with Gasteiger partial charge in [-0.15, -0.1) is 0 Å². The Labute approximate surface area is 111 Å². The van der Waals surface area contributed by atoms with E-state index in [9.17, 15) is 0 Å². The molecule has 96 valence electrons. The number of rotatable bonds is 3. The van der Waals surface area contributed by atoms with Gasteiger partial charge in [0.1, 0.15) is 6.17 Å². The van der Waals surface area contributed by atoms with E-state index in [-0.39, 0.29) is 12.1 Å². The number of nitrogens with zero attached hydrogens (tertiary/aromatic N) is 3. The molecule has 0 radical (unpaired) electrons. The van der Waals surface area contributed by atoms with Gasteiger partial charge < -0.3 is 11.5 Å². The first-order valence-corrected chi connectivity index (χ1v) is 6.22. The molecule has 0 saturated carbocycles. The van der Waals surface area contributed by atoms with Crippen LogP contribution in [0.25, 0.3) is 0 Å². The van der Waals surface area contributed by atoms with Crippen LogP contribution >= 0.6 is 11.6 Å². The van der Waals surface area contributed by atoms with E-state index in [1.807, 2.05) is 29.2 Å². The second kappa shape index (κ2) is 5.27. The summed E-state index contributed by atoms with van der Waals surface area (Å²) in [6, 6.07) is 7.45. The predicted octanol–water partition coefficient (Wildman–Crippen LogP) is 1.92. The highest BCUT2D eigenvalue weighted by atomic mass is 35.5. The van der Waals surface area contributed by atoms with E-state index in [0.29, 0.717) is 11.0 Å². The molecule has 2 rings (SSSR count). The van der Waals surface area contributed by atoms with E-state index in [2.05, 4.69) is 16.9 Å². The molecule has 1 aromatic carbocycles. The fourth-order valence-electron chi connectivity index (χ4n) is 1.95. The number of nitrogens with two attached hydrogens (primary N) is 2. The van der Waals surface area contributed by atoms with E-state index < -0.39 is 0 Å². The van der Waals surface area contributed by atoms with Crippen molar-refractivity contribution in [1.82, 2.24) is 0 Å². The predicted molar refractivity (Wildman–Crippen MR) is 75.9 cm³/mol. The Hall–Kier alpha value is -1.75. The lowest BCUT2D eigenvalue weighted by molar-refractivity contribution is 0.613. The Bertz CT molecular complexity index is 497. The van der Waals surface area contributed by atoms with Gasteiger partial charge in [0.05, 0.1) is 0 Å². The quantitative estimate of drug-likeness (QED) is 0.876. The molecule has 6 heteroatoms. The van der Waals surface area contributed by atoms with Gasteiger partial charge in [0.15, 0.2) is 0 Å². The number of aliphatic imine (C=N–C) groups is 2. The first kappa shape index (κ1) is 12.7. The second-order valence-electron chi connectivity index (χ2n) is 4.08. The van der Waals surface area contributed by atoms with Gasteiger partial charge in [0.2, 0.25) is 11.9 Å². The highest BCUT2D eigenvalue weighted by Crippen LogP contribution is 2.24. The fraction of sp³-hybridized carbons (Fsp3) is 0.333. The Morgan fingerprint density at radius 3 is 2.83 bits per heavy atom. The largest absolute Gasteiger partial charge is 0.369 e. The number of hydrogen-bond acceptors (Lipinski definition) is 5. The van der Waals surface area contributed by atoms with Crippen LogP contribution in [-0.4, -0.2) is 18.1 Å². The van der Waals surface area contributed by atoms with Crippen molar-refractivity contribution in [3.05, 3.63) is 29.3 Å². The summed E-state index contributed by atoms with van der Waals surface area (Å²) >= 11 is 6.00. The molecule has 1 aliphatic heterocycles. The lowest BCUT2D eigenvalue weighted by Gasteiger charge is -2.32. The number of benzene rings is 1. The minimum atomic E-state index is -0.119. The van der Waals surface area contributed by atoms with Gasteiger partial charge in [-0.1, -0.05) is 31.0 Å². The van der Waals surface area contributed by atoms with E-state index in [1.165, 1.54) is 0 Å². The molecule has 1 aromatic rings. The van der Waals surface area contributed by atoms with Crippen molar-refractivity contribution in [2.45, 2.75) is 25.9 Å². The topological polar surface area (TPSA) is 80.0 Å². The van der Waals surface area contributed by atoms with Crippen LogP contribution < -0.4 is 16.4 Å². The SMILES string of the molecule is CCC[C@H]1N=C(N)N=C(N)N1c1cccc(Cl)c1. The molecule has 0 aliphatic carbocycles. The van der Waals surface area contributed by atoms with Crippen LogP contribution in [0.2, 0.25) is 5.02 Å². The minimum absolute atomic E-state index is 0.119. The molecule has 0 unspecified atom stereocenters. The molecular weight excluding hydrogens is 250 g/mol. The Morgan fingerprint density at radius 1 is 1.39 bits per heavy atom. The maximum Gasteiger partial charge on any atom is 0.220 e. The summed E-state index contributed by atoms with van der Waals surface area (Å²) in [7, 11) is 0. The average molecular weight is 266 g/mol.